The van der Waals surface area contributed by atoms with Crippen LogP contribution in [0.2, 0.25) is 0 Å². The van der Waals surface area contributed by atoms with Gasteiger partial charge in [-0.15, -0.1) is 0 Å². The SMILES string of the molecule is O=C(O)Nc1ccccc1NC(=O)c1ccc(CN(CCCCCN2CCOCC2)C(=O)Nc2ccc3c(c2)OCCO3)cn1. The number of nitrogens with one attached hydrogen (secondary N) is 3. The first-order valence-corrected chi connectivity index (χ1v) is 15.1. The summed E-state index contributed by atoms with van der Waals surface area (Å²) < 4.78 is 16.7. The van der Waals surface area contributed by atoms with Crippen LogP contribution in [0.1, 0.15) is 35.3 Å². The molecule has 238 valence electrons. The van der Waals surface area contributed by atoms with E-state index in [1.165, 1.54) is 0 Å². The average molecular weight is 619 g/mol. The van der Waals surface area contributed by atoms with Gasteiger partial charge in [0.25, 0.3) is 5.91 Å². The van der Waals surface area contributed by atoms with E-state index in [1.54, 1.807) is 65.7 Å². The molecular formula is C32H38N6O7. The fourth-order valence-corrected chi connectivity index (χ4v) is 5.09. The molecule has 3 aromatic rings. The van der Waals surface area contributed by atoms with Crippen molar-refractivity contribution in [2.24, 2.45) is 0 Å². The number of rotatable bonds is 12. The van der Waals surface area contributed by atoms with Crippen LogP contribution < -0.4 is 25.4 Å². The van der Waals surface area contributed by atoms with Gasteiger partial charge in [-0.25, -0.2) is 9.59 Å². The van der Waals surface area contributed by atoms with Gasteiger partial charge in [-0.1, -0.05) is 24.6 Å². The number of fused-ring (bicyclic) bond motifs is 1. The Balaban J connectivity index is 1.21. The molecule has 45 heavy (non-hydrogen) atoms. The Labute approximate surface area is 261 Å². The average Bonchev–Trinajstić information content (AvgIpc) is 3.05. The molecule has 0 saturated carbocycles. The maximum atomic E-state index is 13.5. The zero-order chi connectivity index (χ0) is 31.4. The molecule has 0 bridgehead atoms. The predicted octanol–water partition coefficient (Wildman–Crippen LogP) is 4.73. The zero-order valence-electron chi connectivity index (χ0n) is 25.0. The van der Waals surface area contributed by atoms with Gasteiger partial charge in [0.05, 0.1) is 24.6 Å². The maximum absolute atomic E-state index is 13.5. The Kier molecular flexibility index (Phi) is 11.0. The van der Waals surface area contributed by atoms with Crippen LogP contribution in [0.4, 0.5) is 26.7 Å². The van der Waals surface area contributed by atoms with Gasteiger partial charge in [-0.2, -0.15) is 0 Å². The van der Waals surface area contributed by atoms with Crippen LogP contribution in [0.15, 0.2) is 60.8 Å². The molecule has 2 aromatic carbocycles. The van der Waals surface area contributed by atoms with Gasteiger partial charge >= 0.3 is 12.1 Å². The van der Waals surface area contributed by atoms with Gasteiger partial charge in [0.15, 0.2) is 11.5 Å². The minimum atomic E-state index is -1.24. The summed E-state index contributed by atoms with van der Waals surface area (Å²) in [5.41, 5.74) is 2.07. The fourth-order valence-electron chi connectivity index (χ4n) is 5.09. The Bertz CT molecular complexity index is 1460. The lowest BCUT2D eigenvalue weighted by Gasteiger charge is -2.27. The number of urea groups is 1. The number of amides is 4. The van der Waals surface area contributed by atoms with E-state index >= 15 is 0 Å². The first-order chi connectivity index (χ1) is 21.9. The number of carboxylic acid groups (broad SMARTS) is 1. The van der Waals surface area contributed by atoms with Crippen molar-refractivity contribution in [2.45, 2.75) is 25.8 Å². The Morgan fingerprint density at radius 3 is 2.33 bits per heavy atom. The fraction of sp³-hybridized carbons (Fsp3) is 0.375. The summed E-state index contributed by atoms with van der Waals surface area (Å²) in [7, 11) is 0. The lowest BCUT2D eigenvalue weighted by molar-refractivity contribution is 0.0371. The number of ether oxygens (including phenoxy) is 3. The predicted molar refractivity (Wildman–Crippen MR) is 168 cm³/mol. The van der Waals surface area contributed by atoms with Gasteiger partial charge in [-0.3, -0.25) is 20.0 Å². The molecule has 1 aromatic heterocycles. The standard InChI is InChI=1S/C32H38N6O7/c39-30(35-25-6-2-3-7-26(25)36-32(41)42)27-10-8-23(21-33-27)22-38(13-5-1-4-12-37-14-16-43-17-15-37)31(40)34-24-9-11-28-29(20-24)45-19-18-44-28/h2-3,6-11,20-21,36H,1,4-5,12-19,22H2,(H,34,40)(H,35,39)(H,41,42). The third-order valence-electron chi connectivity index (χ3n) is 7.43. The summed E-state index contributed by atoms with van der Waals surface area (Å²) in [4.78, 5) is 45.9. The summed E-state index contributed by atoms with van der Waals surface area (Å²) in [6, 6.07) is 14.9. The minimum absolute atomic E-state index is 0.152. The van der Waals surface area contributed by atoms with Gasteiger partial charge in [-0.05, 0) is 55.3 Å². The largest absolute Gasteiger partial charge is 0.486 e. The highest BCUT2D eigenvalue weighted by Gasteiger charge is 2.18. The monoisotopic (exact) mass is 618 g/mol. The Morgan fingerprint density at radius 2 is 1.60 bits per heavy atom. The van der Waals surface area contributed by atoms with Crippen LogP contribution >= 0.6 is 0 Å². The number of aromatic nitrogens is 1. The van der Waals surface area contributed by atoms with Crippen molar-refractivity contribution in [3.8, 4) is 11.5 Å². The van der Waals surface area contributed by atoms with Crippen molar-refractivity contribution in [3.05, 3.63) is 72.1 Å². The molecule has 0 radical (unpaired) electrons. The molecule has 13 heteroatoms. The third kappa shape index (κ3) is 9.30. The molecule has 0 aliphatic carbocycles. The molecule has 2 aliphatic heterocycles. The summed E-state index contributed by atoms with van der Waals surface area (Å²) in [5, 5.41) is 17.0. The van der Waals surface area contributed by atoms with E-state index in [0.29, 0.717) is 49.2 Å². The number of para-hydroxylation sites is 2. The number of benzene rings is 2. The maximum Gasteiger partial charge on any atom is 0.409 e. The molecule has 13 nitrogen and oxygen atoms in total. The zero-order valence-corrected chi connectivity index (χ0v) is 25.0. The summed E-state index contributed by atoms with van der Waals surface area (Å²) in [5.74, 6) is 0.746. The van der Waals surface area contributed by atoms with Gasteiger partial charge in [0, 0.05) is 44.1 Å². The van der Waals surface area contributed by atoms with E-state index in [1.807, 2.05) is 0 Å². The van der Waals surface area contributed by atoms with Gasteiger partial charge in [0.2, 0.25) is 0 Å². The van der Waals surface area contributed by atoms with Crippen LogP contribution in [0.25, 0.3) is 0 Å². The number of carbonyl (C=O) groups excluding carboxylic acids is 2. The number of anilines is 3. The number of pyridine rings is 1. The normalized spacial score (nSPS) is 14.3. The van der Waals surface area contributed by atoms with Crippen molar-refractivity contribution in [3.63, 3.8) is 0 Å². The smallest absolute Gasteiger partial charge is 0.409 e. The summed E-state index contributed by atoms with van der Waals surface area (Å²) in [6.45, 7) is 6.24. The number of hydrogen-bond acceptors (Lipinski definition) is 8. The van der Waals surface area contributed by atoms with Crippen LogP contribution in [0.5, 0.6) is 11.5 Å². The molecule has 4 amide bonds. The lowest BCUT2D eigenvalue weighted by Crippen LogP contribution is -2.37. The first kappa shape index (κ1) is 31.5. The second-order valence-corrected chi connectivity index (χ2v) is 10.7. The van der Waals surface area contributed by atoms with Crippen molar-refractivity contribution in [2.75, 3.05) is 68.6 Å². The number of carbonyl (C=O) groups is 3. The number of unbranched alkanes of at least 4 members (excludes halogenated alkanes) is 2. The van der Waals surface area contributed by atoms with Gasteiger partial charge in [0.1, 0.15) is 18.9 Å². The van der Waals surface area contributed by atoms with Crippen LogP contribution in [0.3, 0.4) is 0 Å². The highest BCUT2D eigenvalue weighted by Crippen LogP contribution is 2.32. The van der Waals surface area contributed by atoms with E-state index < -0.39 is 12.0 Å². The quantitative estimate of drug-likeness (QED) is 0.211. The molecule has 5 rings (SSSR count). The molecule has 4 N–H and O–H groups in total. The molecule has 1 saturated heterocycles. The van der Waals surface area contributed by atoms with E-state index in [0.717, 1.165) is 57.7 Å². The Hall–Kier alpha value is -4.88. The highest BCUT2D eigenvalue weighted by atomic mass is 16.6. The van der Waals surface area contributed by atoms with Crippen molar-refractivity contribution >= 4 is 35.1 Å². The number of nitrogens with zero attached hydrogens (tertiary/aromatic N) is 3. The molecule has 1 fully saturated rings. The van der Waals surface area contributed by atoms with E-state index in [-0.39, 0.29) is 17.4 Å². The molecule has 0 spiro atoms. The van der Waals surface area contributed by atoms with E-state index in [9.17, 15) is 14.4 Å². The minimum Gasteiger partial charge on any atom is -0.486 e. The Morgan fingerprint density at radius 1 is 0.844 bits per heavy atom. The van der Waals surface area contributed by atoms with Crippen LogP contribution in [0, 0.1) is 0 Å². The molecule has 2 aliphatic rings. The van der Waals surface area contributed by atoms with Crippen molar-refractivity contribution in [1.29, 1.82) is 0 Å². The van der Waals surface area contributed by atoms with E-state index in [2.05, 4.69) is 25.8 Å². The van der Waals surface area contributed by atoms with Gasteiger partial charge < -0.3 is 34.9 Å². The molecular weight excluding hydrogens is 580 g/mol. The van der Waals surface area contributed by atoms with Crippen molar-refractivity contribution < 1.29 is 33.7 Å². The molecule has 3 heterocycles. The molecule has 0 atom stereocenters. The lowest BCUT2D eigenvalue weighted by atomic mass is 10.2. The first-order valence-electron chi connectivity index (χ1n) is 15.1. The van der Waals surface area contributed by atoms with E-state index in [4.69, 9.17) is 19.3 Å². The highest BCUT2D eigenvalue weighted by molar-refractivity contribution is 6.05. The van der Waals surface area contributed by atoms with Crippen LogP contribution in [-0.2, 0) is 11.3 Å². The summed E-state index contributed by atoms with van der Waals surface area (Å²) in [6.07, 6.45) is 3.17. The summed E-state index contributed by atoms with van der Waals surface area (Å²) >= 11 is 0. The molecule has 0 unspecified atom stereocenters. The second kappa shape index (κ2) is 15.7. The van der Waals surface area contributed by atoms with Crippen molar-refractivity contribution in [1.82, 2.24) is 14.8 Å². The number of hydrogen-bond donors (Lipinski definition) is 4. The topological polar surface area (TPSA) is 155 Å². The number of morpholine rings is 1. The third-order valence-corrected chi connectivity index (χ3v) is 7.43. The van der Waals surface area contributed by atoms with Crippen LogP contribution in [-0.4, -0.2) is 90.5 Å². The second-order valence-electron chi connectivity index (χ2n) is 10.7.